The minimum absolute atomic E-state index is 0.0444. The standard InChI is InChI=1S/C30H34O3SeSi/c1-29(2,3)35(23-16-10-6-11-17-23,24-18-12-7-13-19-24)33-26-21-20-25-27(28(31)32-30(25,26)4)34-22-14-8-5-9-15-22/h5-19,25-27H,20-21H2,1-4H3/t25-,26+,27-,30+/m1/s1. The Kier molecular flexibility index (Phi) is 6.56. The van der Waals surface area contributed by atoms with Crippen LogP contribution in [0.1, 0.15) is 40.5 Å². The van der Waals surface area contributed by atoms with Crippen molar-refractivity contribution in [3.8, 4) is 0 Å². The SMILES string of the molecule is CC(C)(C)[Si](O[C@H]1CC[C@@H]2[C@@H]([Se]c3ccccc3)C(=O)O[C@]12C)(c1ccccc1)c1ccccc1. The molecule has 3 aromatic carbocycles. The Hall–Kier alpha value is -2.17. The summed E-state index contributed by atoms with van der Waals surface area (Å²) in [6, 6.07) is 31.9. The van der Waals surface area contributed by atoms with Crippen LogP contribution < -0.4 is 14.8 Å². The van der Waals surface area contributed by atoms with E-state index in [4.69, 9.17) is 9.16 Å². The van der Waals surface area contributed by atoms with Crippen LogP contribution in [0.4, 0.5) is 0 Å². The summed E-state index contributed by atoms with van der Waals surface area (Å²) in [6.07, 6.45) is 1.75. The third-order valence-corrected chi connectivity index (χ3v) is 15.6. The molecule has 0 N–H and O–H groups in total. The summed E-state index contributed by atoms with van der Waals surface area (Å²) in [6.45, 7) is 9.04. The van der Waals surface area contributed by atoms with Gasteiger partial charge in [-0.3, -0.25) is 0 Å². The second kappa shape index (κ2) is 9.37. The summed E-state index contributed by atoms with van der Waals surface area (Å²) in [5.41, 5.74) is -0.592. The molecule has 1 heterocycles. The number of benzene rings is 3. The van der Waals surface area contributed by atoms with Crippen molar-refractivity contribution in [1.82, 2.24) is 0 Å². The second-order valence-electron chi connectivity index (χ2n) is 10.9. The average molecular weight is 550 g/mol. The molecular weight excluding hydrogens is 515 g/mol. The van der Waals surface area contributed by atoms with Crippen molar-refractivity contribution >= 4 is 44.1 Å². The molecule has 3 aromatic rings. The number of rotatable bonds is 6. The Morgan fingerprint density at radius 2 is 1.37 bits per heavy atom. The molecule has 0 bridgehead atoms. The van der Waals surface area contributed by atoms with Gasteiger partial charge >= 0.3 is 217 Å². The molecule has 2 aliphatic rings. The van der Waals surface area contributed by atoms with Gasteiger partial charge in [-0.05, 0) is 0 Å². The van der Waals surface area contributed by atoms with E-state index in [-0.39, 0.29) is 42.8 Å². The molecule has 5 heteroatoms. The fourth-order valence-electron chi connectivity index (χ4n) is 6.03. The summed E-state index contributed by atoms with van der Waals surface area (Å²) < 4.78 is 15.0. The number of fused-ring (bicyclic) bond motifs is 1. The summed E-state index contributed by atoms with van der Waals surface area (Å²) >= 11 is 0.0487. The van der Waals surface area contributed by atoms with Gasteiger partial charge in [0, 0.05) is 0 Å². The molecule has 4 atom stereocenters. The van der Waals surface area contributed by atoms with Crippen molar-refractivity contribution in [1.29, 1.82) is 0 Å². The maximum absolute atomic E-state index is 13.2. The van der Waals surface area contributed by atoms with E-state index < -0.39 is 13.9 Å². The van der Waals surface area contributed by atoms with Crippen LogP contribution in [0, 0.1) is 5.92 Å². The van der Waals surface area contributed by atoms with Crippen molar-refractivity contribution in [2.24, 2.45) is 5.92 Å². The van der Waals surface area contributed by atoms with Gasteiger partial charge in [0.15, 0.2) is 0 Å². The number of hydrogen-bond donors (Lipinski definition) is 0. The number of ether oxygens (including phenoxy) is 1. The zero-order valence-corrected chi connectivity index (χ0v) is 23.7. The molecule has 5 rings (SSSR count). The summed E-state index contributed by atoms with van der Waals surface area (Å²) in [7, 11) is -2.73. The quantitative estimate of drug-likeness (QED) is 0.336. The van der Waals surface area contributed by atoms with Crippen LogP contribution in [0.15, 0.2) is 91.0 Å². The van der Waals surface area contributed by atoms with Crippen LogP contribution in [-0.4, -0.2) is 40.9 Å². The van der Waals surface area contributed by atoms with Gasteiger partial charge in [0.2, 0.25) is 0 Å². The van der Waals surface area contributed by atoms with Gasteiger partial charge in [-0.25, -0.2) is 0 Å². The number of esters is 1. The van der Waals surface area contributed by atoms with E-state index in [0.29, 0.717) is 0 Å². The van der Waals surface area contributed by atoms with Crippen molar-refractivity contribution in [3.63, 3.8) is 0 Å². The number of hydrogen-bond acceptors (Lipinski definition) is 3. The Balaban J connectivity index is 1.53. The normalized spacial score (nSPS) is 26.4. The van der Waals surface area contributed by atoms with Gasteiger partial charge in [0.1, 0.15) is 0 Å². The fourth-order valence-corrected chi connectivity index (χ4v) is 13.6. The van der Waals surface area contributed by atoms with Gasteiger partial charge in [-0.15, -0.1) is 0 Å². The van der Waals surface area contributed by atoms with Gasteiger partial charge in [0.05, 0.1) is 0 Å². The van der Waals surface area contributed by atoms with Crippen LogP contribution in [0.5, 0.6) is 0 Å². The first kappa shape index (κ1) is 24.5. The van der Waals surface area contributed by atoms with Crippen LogP contribution >= 0.6 is 0 Å². The molecule has 35 heavy (non-hydrogen) atoms. The molecule has 1 saturated carbocycles. The molecule has 0 amide bonds. The van der Waals surface area contributed by atoms with E-state index in [1.807, 2.05) is 6.07 Å². The van der Waals surface area contributed by atoms with E-state index in [0.717, 1.165) is 12.8 Å². The molecular formula is C30H34O3SeSi. The average Bonchev–Trinajstić information content (AvgIpc) is 3.29. The molecule has 0 aromatic heterocycles. The fraction of sp³-hybridized carbons (Fsp3) is 0.367. The van der Waals surface area contributed by atoms with E-state index in [2.05, 4.69) is 113 Å². The molecule has 0 radical (unpaired) electrons. The predicted octanol–water partition coefficient (Wildman–Crippen LogP) is 4.48. The van der Waals surface area contributed by atoms with Gasteiger partial charge in [-0.1, -0.05) is 0 Å². The molecule has 0 spiro atoms. The summed E-state index contributed by atoms with van der Waals surface area (Å²) in [5, 5.41) is 2.42. The monoisotopic (exact) mass is 550 g/mol. The van der Waals surface area contributed by atoms with Gasteiger partial charge in [0.25, 0.3) is 0 Å². The van der Waals surface area contributed by atoms with E-state index in [1.165, 1.54) is 14.8 Å². The number of carbonyl (C=O) groups excluding carboxylic acids is 1. The zero-order chi connectivity index (χ0) is 24.7. The third-order valence-electron chi connectivity index (χ3n) is 7.78. The maximum atomic E-state index is 13.2. The Morgan fingerprint density at radius 3 is 1.89 bits per heavy atom. The molecule has 1 saturated heterocycles. The predicted molar refractivity (Wildman–Crippen MR) is 145 cm³/mol. The first-order valence-corrected chi connectivity index (χ1v) is 16.2. The zero-order valence-electron chi connectivity index (χ0n) is 20.9. The molecule has 1 aliphatic heterocycles. The third kappa shape index (κ3) is 4.23. The van der Waals surface area contributed by atoms with Crippen molar-refractivity contribution < 1.29 is 14.0 Å². The Bertz CT molecular complexity index is 1120. The van der Waals surface area contributed by atoms with Crippen molar-refractivity contribution in [2.45, 2.75) is 62.1 Å². The van der Waals surface area contributed by atoms with Gasteiger partial charge in [-0.2, -0.15) is 0 Å². The Labute approximate surface area is 216 Å². The molecule has 2 fully saturated rings. The van der Waals surface area contributed by atoms with Crippen LogP contribution in [0.3, 0.4) is 0 Å². The molecule has 1 aliphatic carbocycles. The molecule has 182 valence electrons. The van der Waals surface area contributed by atoms with E-state index >= 15 is 0 Å². The Morgan fingerprint density at radius 1 is 0.857 bits per heavy atom. The van der Waals surface area contributed by atoms with E-state index in [9.17, 15) is 4.79 Å². The number of carbonyl (C=O) groups is 1. The van der Waals surface area contributed by atoms with Crippen molar-refractivity contribution in [3.05, 3.63) is 91.0 Å². The van der Waals surface area contributed by atoms with Crippen LogP contribution in [0.2, 0.25) is 9.85 Å². The summed E-state index contributed by atoms with van der Waals surface area (Å²) in [5.74, 6) is 0.149. The molecule has 3 nitrogen and oxygen atoms in total. The molecule has 0 unspecified atom stereocenters. The van der Waals surface area contributed by atoms with Crippen LogP contribution in [0.25, 0.3) is 0 Å². The van der Waals surface area contributed by atoms with Gasteiger partial charge < -0.3 is 0 Å². The van der Waals surface area contributed by atoms with Crippen molar-refractivity contribution in [2.75, 3.05) is 0 Å². The first-order chi connectivity index (χ1) is 16.8. The summed E-state index contributed by atoms with van der Waals surface area (Å²) in [4.78, 5) is 13.1. The first-order valence-electron chi connectivity index (χ1n) is 12.5. The topological polar surface area (TPSA) is 35.5 Å². The van der Waals surface area contributed by atoms with E-state index in [1.54, 1.807) is 0 Å². The van der Waals surface area contributed by atoms with Crippen LogP contribution in [-0.2, 0) is 14.0 Å². The second-order valence-corrected chi connectivity index (χ2v) is 17.7. The minimum atomic E-state index is -2.73.